The largest absolute Gasteiger partial charge is 0.508 e. The van der Waals surface area contributed by atoms with Gasteiger partial charge in [0.05, 0.1) is 11.0 Å². The molecule has 90 heavy (non-hydrogen) atoms. The highest BCUT2D eigenvalue weighted by Gasteiger charge is 2.94. The van der Waals surface area contributed by atoms with E-state index >= 15 is 9.59 Å². The van der Waals surface area contributed by atoms with Gasteiger partial charge < -0.3 is 30.0 Å². The number of piperidine rings is 3. The molecule has 7 heterocycles. The third kappa shape index (κ3) is 7.24. The molecule has 7 bridgehead atoms. The van der Waals surface area contributed by atoms with Gasteiger partial charge in [-0.3, -0.25) is 9.69 Å². The summed E-state index contributed by atoms with van der Waals surface area (Å²) in [5, 5.41) is 14.8. The molecule has 7 saturated carbocycles. The highest BCUT2D eigenvalue weighted by Crippen LogP contribution is 2.89. The van der Waals surface area contributed by atoms with Crippen LogP contribution in [0.3, 0.4) is 0 Å². The van der Waals surface area contributed by atoms with Gasteiger partial charge in [-0.2, -0.15) is 0 Å². The van der Waals surface area contributed by atoms with E-state index in [2.05, 4.69) is 54.0 Å². The number of aryl methyl sites for hydroxylation is 1. The fourth-order valence-corrected chi connectivity index (χ4v) is 30.5. The molecule has 0 radical (unpaired) electrons. The molecule has 0 amide bonds. The average Bonchev–Trinajstić information content (AvgIpc) is 1.40. The number of aldehydes is 1. The molecule has 4 saturated heterocycles. The smallest absolute Gasteiger partial charge is 0.339 e. The Bertz CT molecular complexity index is 3300. The molecule has 7 spiro atoms. The minimum Gasteiger partial charge on any atom is -0.508 e. The lowest BCUT2D eigenvalue weighted by molar-refractivity contribution is -0.283. The summed E-state index contributed by atoms with van der Waals surface area (Å²) in [7, 11) is 0. The summed E-state index contributed by atoms with van der Waals surface area (Å²) >= 11 is 0. The van der Waals surface area contributed by atoms with Crippen molar-refractivity contribution in [1.82, 2.24) is 9.80 Å². The van der Waals surface area contributed by atoms with E-state index in [-0.39, 0.29) is 47.6 Å². The summed E-state index contributed by atoms with van der Waals surface area (Å²) in [6.45, 7) is 7.80. The molecule has 484 valence electrons. The Labute approximate surface area is 538 Å². The molecular formula is C81H109N3O6. The Balaban J connectivity index is 0.816. The van der Waals surface area contributed by atoms with E-state index in [0.717, 1.165) is 74.8 Å². The lowest BCUT2D eigenvalue weighted by Gasteiger charge is -2.73. The second-order valence-corrected chi connectivity index (χ2v) is 36.0. The Kier molecular flexibility index (Phi) is 13.1. The SMILES string of the molecule is C[C@H](CCC=O)CC[C@H]1CC[C@@]2(CCC[C@H]([C@@H]3/C=C\[C@@H]4C[C@@H]5[C@@H]6C7=C4[C@]48C(=O)O/C(=C(/O)[C@@H]9CC[C@@H]%10[C@H]%11C[C@@H](CN%10[C@@H]9[C@@H]9CC%10(CCCC%10)[C@@]%10(CCCC%10%12CCCC%12)C9)[C@@H]9CCC(=C6N9C%11)C[C@H]5C)[C@@]4(CC7)[C@]4(OC(=O)c5c(CCCN)cccc54)[C@H]8C3)C2)C1. The zero-order valence-corrected chi connectivity index (χ0v) is 55.2. The van der Waals surface area contributed by atoms with Gasteiger partial charge in [-0.15, -0.1) is 0 Å². The van der Waals surface area contributed by atoms with E-state index in [1.165, 1.54) is 179 Å². The Morgan fingerprint density at radius 1 is 0.789 bits per heavy atom. The first-order chi connectivity index (χ1) is 43.9. The van der Waals surface area contributed by atoms with Crippen molar-refractivity contribution >= 4 is 18.2 Å². The lowest BCUT2D eigenvalue weighted by atomic mass is 9.27. The molecule has 1 aromatic carbocycles. The number of carbonyl (C=O) groups is 3. The molecule has 9 nitrogen and oxygen atoms in total. The number of ether oxygens (including phenoxy) is 2. The normalized spacial score (nSPS) is 48.1. The standard InChI is InChI=1S/C81H109N3O6/c1-48(12-10-37-85)17-18-50-25-34-75(42-50)27-8-14-55(43-75)52-19-20-53-40-61-49(2)38-54-21-23-63-56-39-57-47-84(63)70(54)67(61)59-26-35-79-72(89-74(88)80(79,68(53)59)65(41-52)81(79)62-16-7-13-51(15-9-36-82)66(62)73(87)90-81)71(86)60-22-24-64(57)83(46-56)69(60)58-44-77(30-5-6-31-77)78(45-58)33-11-32-76(78)28-3-4-29-76/h7,13,16,19-20,37,48-50,52-53,55-58,60-61,63-65,67,69,86H,3-6,8-12,14-15,17-18,21-36,38-47,82H2,1-2H3/b20-19-,72-71+/t48-,49-,50+,52-,53-,55+,56+,57+,58-,60-,61+,63+,64-,65+,67+,69-,75+,78+,79-,80-,81-/m1/s1. The maximum atomic E-state index is 17.3. The van der Waals surface area contributed by atoms with Gasteiger partial charge >= 0.3 is 11.9 Å². The van der Waals surface area contributed by atoms with Crippen LogP contribution in [0.4, 0.5) is 0 Å². The first kappa shape index (κ1) is 57.7. The van der Waals surface area contributed by atoms with Gasteiger partial charge in [-0.05, 0) is 272 Å². The summed E-state index contributed by atoms with van der Waals surface area (Å²) < 4.78 is 15.4. The second-order valence-electron chi connectivity index (χ2n) is 36.0. The number of aliphatic hydroxyl groups is 1. The quantitative estimate of drug-likeness (QED) is 0.127. The number of nitrogens with zero attached hydrogens (tertiary/aromatic N) is 2. The van der Waals surface area contributed by atoms with Gasteiger partial charge in [0.25, 0.3) is 0 Å². The Morgan fingerprint density at radius 2 is 1.62 bits per heavy atom. The maximum Gasteiger partial charge on any atom is 0.339 e. The highest BCUT2D eigenvalue weighted by atomic mass is 16.6. The van der Waals surface area contributed by atoms with Crippen LogP contribution >= 0.6 is 0 Å². The van der Waals surface area contributed by atoms with Crippen LogP contribution in [0.1, 0.15) is 260 Å². The molecule has 11 fully saturated rings. The topological polar surface area (TPSA) is 122 Å². The number of hydrogen-bond acceptors (Lipinski definition) is 9. The molecule has 0 aromatic heterocycles. The molecular weight excluding hydrogens is 1110 g/mol. The van der Waals surface area contributed by atoms with Crippen molar-refractivity contribution in [2.45, 2.75) is 269 Å². The molecule has 19 rings (SSSR count). The van der Waals surface area contributed by atoms with Gasteiger partial charge in [0.15, 0.2) is 11.4 Å². The van der Waals surface area contributed by atoms with Gasteiger partial charge in [0, 0.05) is 66.7 Å². The van der Waals surface area contributed by atoms with Crippen LogP contribution in [0.25, 0.3) is 0 Å². The Morgan fingerprint density at radius 3 is 2.47 bits per heavy atom. The maximum absolute atomic E-state index is 17.3. The predicted octanol–water partition coefficient (Wildman–Crippen LogP) is 16.7. The summed E-state index contributed by atoms with van der Waals surface area (Å²) in [4.78, 5) is 50.8. The van der Waals surface area contributed by atoms with Crippen molar-refractivity contribution in [2.24, 2.45) is 115 Å². The molecule has 18 aliphatic rings. The van der Waals surface area contributed by atoms with Crippen molar-refractivity contribution in [3.63, 3.8) is 0 Å². The molecule has 11 aliphatic carbocycles. The number of benzene rings is 1. The van der Waals surface area contributed by atoms with Gasteiger partial charge in [0.2, 0.25) is 0 Å². The van der Waals surface area contributed by atoms with E-state index in [4.69, 9.17) is 15.2 Å². The van der Waals surface area contributed by atoms with Crippen LogP contribution < -0.4 is 5.73 Å². The van der Waals surface area contributed by atoms with E-state index in [0.29, 0.717) is 118 Å². The fraction of sp³-hybridized carbons (Fsp3) is 0.790. The van der Waals surface area contributed by atoms with Crippen LogP contribution in [0.5, 0.6) is 0 Å². The lowest BCUT2D eigenvalue weighted by Crippen LogP contribution is -2.78. The number of fused-ring (bicyclic) bond motifs is 10. The zero-order valence-electron chi connectivity index (χ0n) is 55.2. The van der Waals surface area contributed by atoms with E-state index in [1.807, 2.05) is 0 Å². The minimum atomic E-state index is -1.19. The van der Waals surface area contributed by atoms with Gasteiger partial charge in [-0.1, -0.05) is 107 Å². The average molecular weight is 1220 g/mol. The number of hydrogen-bond donors (Lipinski definition) is 2. The summed E-state index contributed by atoms with van der Waals surface area (Å²) in [6.07, 6.45) is 49.5. The molecule has 3 N–H and O–H groups in total. The number of rotatable bonds is 11. The number of allylic oxidation sites excluding steroid dienone is 4. The van der Waals surface area contributed by atoms with Crippen molar-refractivity contribution in [1.29, 1.82) is 0 Å². The summed E-state index contributed by atoms with van der Waals surface area (Å²) in [5.74, 6) is 5.19. The third-order valence-electron chi connectivity index (χ3n) is 33.2. The number of carbonyl (C=O) groups excluding carboxylic acids is 3. The number of aliphatic hydroxyl groups excluding tert-OH is 1. The van der Waals surface area contributed by atoms with E-state index < -0.39 is 16.4 Å². The monoisotopic (exact) mass is 1220 g/mol. The fourth-order valence-electron chi connectivity index (χ4n) is 30.5. The predicted molar refractivity (Wildman–Crippen MR) is 349 cm³/mol. The Hall–Kier alpha value is -3.69. The molecule has 1 aromatic rings. The van der Waals surface area contributed by atoms with Crippen molar-refractivity contribution in [3.8, 4) is 0 Å². The van der Waals surface area contributed by atoms with E-state index in [9.17, 15) is 9.90 Å². The van der Waals surface area contributed by atoms with Crippen molar-refractivity contribution < 1.29 is 29.0 Å². The van der Waals surface area contributed by atoms with Gasteiger partial charge in [0.1, 0.15) is 17.5 Å². The number of esters is 2. The molecule has 7 aliphatic heterocycles. The van der Waals surface area contributed by atoms with Crippen LogP contribution in [0, 0.1) is 109 Å². The van der Waals surface area contributed by atoms with Gasteiger partial charge in [-0.25, -0.2) is 4.79 Å². The summed E-state index contributed by atoms with van der Waals surface area (Å²) in [5.41, 5.74) is 13.6. The molecule has 21 atom stereocenters. The van der Waals surface area contributed by atoms with Crippen LogP contribution in [0.15, 0.2) is 64.3 Å². The van der Waals surface area contributed by atoms with Crippen LogP contribution in [-0.2, 0) is 31.1 Å². The third-order valence-corrected chi connectivity index (χ3v) is 33.2. The molecule has 9 heteroatoms. The summed E-state index contributed by atoms with van der Waals surface area (Å²) in [6, 6.07) is 7.82. The second kappa shape index (κ2) is 20.4. The highest BCUT2D eigenvalue weighted by molar-refractivity contribution is 6.00. The first-order valence-electron chi connectivity index (χ1n) is 38.7. The minimum absolute atomic E-state index is 0.0719. The molecule has 0 unspecified atom stereocenters. The van der Waals surface area contributed by atoms with Crippen LogP contribution in [0.2, 0.25) is 0 Å². The van der Waals surface area contributed by atoms with Crippen molar-refractivity contribution in [2.75, 3.05) is 19.6 Å². The zero-order chi connectivity index (χ0) is 60.5. The number of nitrogens with two attached hydrogens (primary N) is 1. The van der Waals surface area contributed by atoms with Crippen molar-refractivity contribution in [3.05, 3.63) is 81.0 Å². The van der Waals surface area contributed by atoms with Crippen LogP contribution in [-0.4, -0.2) is 70.9 Å². The first-order valence-corrected chi connectivity index (χ1v) is 38.7. The van der Waals surface area contributed by atoms with E-state index in [1.54, 1.807) is 16.8 Å².